The predicted molar refractivity (Wildman–Crippen MR) is 234 cm³/mol. The van der Waals surface area contributed by atoms with Crippen LogP contribution in [-0.4, -0.2) is 14.5 Å². The maximum Gasteiger partial charge on any atom is 0.0774 e. The zero-order valence-electron chi connectivity index (χ0n) is 31.0. The van der Waals surface area contributed by atoms with E-state index in [9.17, 15) is 0 Å². The number of rotatable bonds is 8. The van der Waals surface area contributed by atoms with Gasteiger partial charge in [-0.05, 0) is 53.4 Å². The molecule has 0 spiro atoms. The van der Waals surface area contributed by atoms with Crippen LogP contribution in [0.2, 0.25) is 0 Å². The van der Waals surface area contributed by atoms with Crippen LogP contribution in [0.4, 0.5) is 0 Å². The first-order valence-corrected chi connectivity index (χ1v) is 19.7. The Labute approximate surface area is 351 Å². The van der Waals surface area contributed by atoms with Gasteiger partial charge >= 0.3 is 0 Å². The van der Waals surface area contributed by atoms with E-state index in [-0.39, 0.29) is 20.1 Å². The summed E-state index contributed by atoms with van der Waals surface area (Å²) < 4.78 is 3.59. The third kappa shape index (κ3) is 8.19. The quantitative estimate of drug-likeness (QED) is 0.142. The number of imidazole rings is 1. The summed E-state index contributed by atoms with van der Waals surface area (Å²) >= 11 is 1.67. The second kappa shape index (κ2) is 17.7. The van der Waals surface area contributed by atoms with Gasteiger partial charge < -0.3 is 9.55 Å². The van der Waals surface area contributed by atoms with Gasteiger partial charge in [0.25, 0.3) is 0 Å². The number of pyridine rings is 1. The molecule has 3 aromatic heterocycles. The van der Waals surface area contributed by atoms with Crippen molar-refractivity contribution >= 4 is 32.5 Å². The van der Waals surface area contributed by atoms with E-state index in [0.717, 1.165) is 52.2 Å². The molecule has 0 amide bonds. The summed E-state index contributed by atoms with van der Waals surface area (Å²) in [6, 6.07) is 70.9. The Kier molecular flexibility index (Phi) is 11.7. The number of para-hydroxylation sites is 3. The van der Waals surface area contributed by atoms with Gasteiger partial charge in [-0.3, -0.25) is 16.3 Å². The zero-order chi connectivity index (χ0) is 37.5. The molecule has 3 heterocycles. The Hall–Kier alpha value is -6.23. The van der Waals surface area contributed by atoms with Crippen molar-refractivity contribution in [1.29, 1.82) is 0 Å². The van der Waals surface area contributed by atoms with Gasteiger partial charge in [-0.15, -0.1) is 47.3 Å². The minimum atomic E-state index is 0. The number of benzene rings is 7. The maximum absolute atomic E-state index is 5.31. The van der Waals surface area contributed by atoms with Crippen molar-refractivity contribution < 1.29 is 20.1 Å². The molecule has 1 radical (unpaired) electrons. The molecule has 10 aromatic rings. The summed E-state index contributed by atoms with van der Waals surface area (Å²) in [5.41, 5.74) is 13.6. The molecule has 0 aliphatic rings. The molecule has 0 aliphatic heterocycles. The summed E-state index contributed by atoms with van der Waals surface area (Å²) in [4.78, 5) is 9.53. The van der Waals surface area contributed by atoms with Crippen molar-refractivity contribution in [2.24, 2.45) is 0 Å². The molecule has 10 rings (SSSR count). The van der Waals surface area contributed by atoms with E-state index in [2.05, 4.69) is 173 Å². The fourth-order valence-corrected chi connectivity index (χ4v) is 8.08. The molecule has 0 unspecified atom stereocenters. The molecule has 0 aliphatic carbocycles. The van der Waals surface area contributed by atoms with E-state index in [1.807, 2.05) is 42.5 Å². The van der Waals surface area contributed by atoms with Crippen LogP contribution < -0.4 is 0 Å². The molecule has 277 valence electrons. The number of aryl methyl sites for hydroxylation is 2. The van der Waals surface area contributed by atoms with Crippen LogP contribution in [0, 0.1) is 11.4 Å². The van der Waals surface area contributed by atoms with E-state index in [4.69, 9.17) is 4.98 Å². The number of fused-ring (bicyclic) bond motifs is 2. The molecule has 57 heavy (non-hydrogen) atoms. The summed E-state index contributed by atoms with van der Waals surface area (Å²) in [5.74, 6) is 0.915. The van der Waals surface area contributed by atoms with Crippen LogP contribution >= 0.6 is 11.3 Å². The second-order valence-corrected chi connectivity index (χ2v) is 14.4. The van der Waals surface area contributed by atoms with Gasteiger partial charge in [-0.25, -0.2) is 0 Å². The summed E-state index contributed by atoms with van der Waals surface area (Å²) in [6.45, 7) is 0. The molecule has 0 atom stereocenters. The Morgan fingerprint density at radius 1 is 0.561 bits per heavy atom. The average molecular weight is 928 g/mol. The number of hydrogen-bond donors (Lipinski definition) is 0. The Balaban J connectivity index is 0.000000300. The van der Waals surface area contributed by atoms with Gasteiger partial charge in [0.1, 0.15) is 0 Å². The molecule has 0 fully saturated rings. The fraction of sp³-hybridized carbons (Fsp3) is 0.0385. The van der Waals surface area contributed by atoms with E-state index in [0.29, 0.717) is 0 Å². The second-order valence-electron chi connectivity index (χ2n) is 13.6. The van der Waals surface area contributed by atoms with Gasteiger partial charge in [-0.1, -0.05) is 167 Å². The molecule has 0 saturated heterocycles. The van der Waals surface area contributed by atoms with Crippen LogP contribution in [0.1, 0.15) is 11.1 Å². The first-order valence-electron chi connectivity index (χ1n) is 18.9. The third-order valence-corrected chi connectivity index (χ3v) is 10.9. The number of hydrogen-bond acceptors (Lipinski definition) is 3. The largest absolute Gasteiger partial charge is 0.332 e. The molecular formula is C52H37IrN3S-2. The van der Waals surface area contributed by atoms with Crippen LogP contribution in [0.3, 0.4) is 0 Å². The molecule has 0 N–H and O–H groups in total. The van der Waals surface area contributed by atoms with Gasteiger partial charge in [0, 0.05) is 37.4 Å². The molecule has 3 nitrogen and oxygen atoms in total. The average Bonchev–Trinajstić information content (AvgIpc) is 3.88. The van der Waals surface area contributed by atoms with Gasteiger partial charge in [0.2, 0.25) is 0 Å². The number of aromatic nitrogens is 3. The van der Waals surface area contributed by atoms with Crippen LogP contribution in [0.15, 0.2) is 200 Å². The summed E-state index contributed by atoms with van der Waals surface area (Å²) in [6.07, 6.45) is 3.79. The predicted octanol–water partition coefficient (Wildman–Crippen LogP) is 13.4. The molecule has 0 saturated carbocycles. The van der Waals surface area contributed by atoms with Crippen molar-refractivity contribution in [1.82, 2.24) is 14.5 Å². The standard InChI is InChI=1S/C41H29N2S.C11H8N.Ir/c1-4-13-29(14-5-1)23-24-30-25-26-39-35(27-30)36(28-44-39)41-42-37-21-10-11-22-38(37)43(41)40-33(31-15-6-2-7-16-31)19-12-20-34(40)32-17-8-3-9-18-32;1-2-6-10(7-3-1)11-8-4-5-9-12-11;/h1-22,25-27H,23-24H2;1-6,8-9H;/q2*-1;. The summed E-state index contributed by atoms with van der Waals surface area (Å²) in [7, 11) is 0. The molecular weight excluding hydrogens is 891 g/mol. The maximum atomic E-state index is 5.31. The van der Waals surface area contributed by atoms with Crippen molar-refractivity contribution in [3.8, 4) is 50.6 Å². The minimum Gasteiger partial charge on any atom is -0.332 e. The van der Waals surface area contributed by atoms with E-state index < -0.39 is 0 Å². The van der Waals surface area contributed by atoms with Crippen molar-refractivity contribution in [2.45, 2.75) is 12.8 Å². The van der Waals surface area contributed by atoms with E-state index >= 15 is 0 Å². The first-order chi connectivity index (χ1) is 27.8. The number of thiophene rings is 1. The first kappa shape index (κ1) is 37.7. The Morgan fingerprint density at radius 2 is 1.21 bits per heavy atom. The summed E-state index contributed by atoms with van der Waals surface area (Å²) in [5, 5.41) is 4.88. The topological polar surface area (TPSA) is 30.7 Å². The minimum absolute atomic E-state index is 0. The van der Waals surface area contributed by atoms with Gasteiger partial charge in [0.15, 0.2) is 0 Å². The Morgan fingerprint density at radius 3 is 1.89 bits per heavy atom. The molecule has 5 heteroatoms. The molecule has 0 bridgehead atoms. The SMILES string of the molecule is [Ir].[c-]1ccccc1-c1ccccn1.[c-]1sc2ccc(CCc3ccccc3)cc2c1-c1nc2ccccc2n1-c1c(-c2ccccc2)cccc1-c1ccccc1. The van der Waals surface area contributed by atoms with Crippen molar-refractivity contribution in [3.05, 3.63) is 223 Å². The zero-order valence-corrected chi connectivity index (χ0v) is 34.3. The van der Waals surface area contributed by atoms with Crippen LogP contribution in [0.5, 0.6) is 0 Å². The van der Waals surface area contributed by atoms with Gasteiger partial charge in [0.05, 0.1) is 22.5 Å². The van der Waals surface area contributed by atoms with Crippen LogP contribution in [-0.2, 0) is 32.9 Å². The molecule has 7 aromatic carbocycles. The number of nitrogens with zero attached hydrogens (tertiary/aromatic N) is 3. The monoisotopic (exact) mass is 928 g/mol. The fourth-order valence-electron chi connectivity index (χ4n) is 7.26. The van der Waals surface area contributed by atoms with Gasteiger partial charge in [-0.2, -0.15) is 0 Å². The third-order valence-electron chi connectivity index (χ3n) is 9.99. The Bertz CT molecular complexity index is 2740. The van der Waals surface area contributed by atoms with E-state index in [1.54, 1.807) is 17.5 Å². The normalized spacial score (nSPS) is 10.8. The van der Waals surface area contributed by atoms with E-state index in [1.165, 1.54) is 43.5 Å². The van der Waals surface area contributed by atoms with Crippen molar-refractivity contribution in [3.63, 3.8) is 0 Å². The van der Waals surface area contributed by atoms with Crippen molar-refractivity contribution in [2.75, 3.05) is 0 Å². The van der Waals surface area contributed by atoms with Crippen LogP contribution in [0.25, 0.3) is 71.7 Å². The smallest absolute Gasteiger partial charge is 0.0774 e.